The van der Waals surface area contributed by atoms with Crippen LogP contribution in [0.15, 0.2) is 24.3 Å². The summed E-state index contributed by atoms with van der Waals surface area (Å²) in [5, 5.41) is 12.1. The second-order valence-corrected chi connectivity index (χ2v) is 5.07. The molecule has 1 aliphatic carbocycles. The van der Waals surface area contributed by atoms with Gasteiger partial charge in [0.1, 0.15) is 5.75 Å². The first kappa shape index (κ1) is 13.9. The van der Waals surface area contributed by atoms with Gasteiger partial charge in [0.2, 0.25) is 5.91 Å². The molecule has 0 bridgehead atoms. The molecule has 0 aliphatic heterocycles. The van der Waals surface area contributed by atoms with E-state index in [-0.39, 0.29) is 18.6 Å². The average molecular weight is 263 g/mol. The minimum absolute atomic E-state index is 0.0130. The van der Waals surface area contributed by atoms with Gasteiger partial charge in [-0.15, -0.1) is 0 Å². The Balaban J connectivity index is 2.11. The van der Waals surface area contributed by atoms with Crippen LogP contribution in [0.3, 0.4) is 0 Å². The summed E-state index contributed by atoms with van der Waals surface area (Å²) in [4.78, 5) is 12.4. The number of rotatable bonds is 6. The third-order valence-electron chi connectivity index (χ3n) is 3.88. The molecule has 1 aliphatic rings. The molecule has 1 unspecified atom stereocenters. The molecule has 0 spiro atoms. The van der Waals surface area contributed by atoms with Gasteiger partial charge >= 0.3 is 0 Å². The van der Waals surface area contributed by atoms with Gasteiger partial charge in [0.05, 0.1) is 25.2 Å². The number of carbonyl (C=O) groups excluding carboxylic acids is 1. The number of hydrogen-bond acceptors (Lipinski definition) is 3. The molecular formula is C15H21NO3. The summed E-state index contributed by atoms with van der Waals surface area (Å²) in [6.45, 7) is 1.94. The van der Waals surface area contributed by atoms with Crippen LogP contribution >= 0.6 is 0 Å². The Labute approximate surface area is 113 Å². The van der Waals surface area contributed by atoms with E-state index in [0.717, 1.165) is 30.6 Å². The van der Waals surface area contributed by atoms with Crippen molar-refractivity contribution < 1.29 is 14.6 Å². The predicted molar refractivity (Wildman–Crippen MR) is 73.2 cm³/mol. The van der Waals surface area contributed by atoms with Crippen LogP contribution in [-0.2, 0) is 10.2 Å². The summed E-state index contributed by atoms with van der Waals surface area (Å²) in [6.07, 6.45) is 2.47. The van der Waals surface area contributed by atoms with Crippen molar-refractivity contribution in [1.82, 2.24) is 5.32 Å². The molecule has 0 saturated heterocycles. The highest BCUT2D eigenvalue weighted by atomic mass is 16.5. The summed E-state index contributed by atoms with van der Waals surface area (Å²) >= 11 is 0. The van der Waals surface area contributed by atoms with Crippen molar-refractivity contribution in [3.63, 3.8) is 0 Å². The van der Waals surface area contributed by atoms with Crippen molar-refractivity contribution in [2.24, 2.45) is 0 Å². The van der Waals surface area contributed by atoms with Gasteiger partial charge in [-0.2, -0.15) is 0 Å². The van der Waals surface area contributed by atoms with Gasteiger partial charge < -0.3 is 15.2 Å². The van der Waals surface area contributed by atoms with Gasteiger partial charge in [0.25, 0.3) is 0 Å². The second-order valence-electron chi connectivity index (χ2n) is 5.07. The van der Waals surface area contributed by atoms with E-state index in [9.17, 15) is 4.79 Å². The van der Waals surface area contributed by atoms with E-state index in [2.05, 4.69) is 5.32 Å². The lowest BCUT2D eigenvalue weighted by Gasteiger charge is -2.20. The molecule has 1 aromatic carbocycles. The lowest BCUT2D eigenvalue weighted by atomic mass is 9.94. The molecule has 2 N–H and O–H groups in total. The lowest BCUT2D eigenvalue weighted by Crippen LogP contribution is -2.43. The maximum atomic E-state index is 12.4. The van der Waals surface area contributed by atoms with Crippen molar-refractivity contribution in [2.75, 3.05) is 13.7 Å². The molecule has 104 valence electrons. The normalized spacial score (nSPS) is 17.6. The van der Waals surface area contributed by atoms with Gasteiger partial charge in [-0.1, -0.05) is 19.1 Å². The molecule has 1 aromatic rings. The van der Waals surface area contributed by atoms with E-state index < -0.39 is 5.41 Å². The smallest absolute Gasteiger partial charge is 0.230 e. The number of methoxy groups -OCH3 is 1. The van der Waals surface area contributed by atoms with Crippen LogP contribution in [0.5, 0.6) is 5.75 Å². The summed E-state index contributed by atoms with van der Waals surface area (Å²) in [5.41, 5.74) is 0.632. The number of aliphatic hydroxyl groups excluding tert-OH is 1. The number of amides is 1. The highest BCUT2D eigenvalue weighted by Crippen LogP contribution is 2.48. The number of nitrogens with one attached hydrogen (secondary N) is 1. The van der Waals surface area contributed by atoms with Gasteiger partial charge in [0.15, 0.2) is 0 Å². The zero-order valence-electron chi connectivity index (χ0n) is 11.5. The van der Waals surface area contributed by atoms with Crippen molar-refractivity contribution in [3.05, 3.63) is 29.8 Å². The van der Waals surface area contributed by atoms with Crippen LogP contribution < -0.4 is 10.1 Å². The second kappa shape index (κ2) is 5.61. The molecule has 19 heavy (non-hydrogen) atoms. The topological polar surface area (TPSA) is 58.6 Å². The van der Waals surface area contributed by atoms with Gasteiger partial charge in [-0.3, -0.25) is 4.79 Å². The fourth-order valence-corrected chi connectivity index (χ4v) is 2.28. The Bertz CT molecular complexity index is 433. The molecule has 0 heterocycles. The van der Waals surface area contributed by atoms with Crippen molar-refractivity contribution in [2.45, 2.75) is 37.6 Å². The van der Waals surface area contributed by atoms with Gasteiger partial charge in [-0.25, -0.2) is 0 Å². The Morgan fingerprint density at radius 3 is 2.47 bits per heavy atom. The number of benzene rings is 1. The fraction of sp³-hybridized carbons (Fsp3) is 0.533. The number of carbonyl (C=O) groups is 1. The van der Waals surface area contributed by atoms with Gasteiger partial charge in [0, 0.05) is 0 Å². The zero-order chi connectivity index (χ0) is 13.9. The average Bonchev–Trinajstić information content (AvgIpc) is 3.26. The van der Waals surface area contributed by atoms with Crippen molar-refractivity contribution in [3.8, 4) is 5.75 Å². The van der Waals surface area contributed by atoms with Crippen LogP contribution in [0.1, 0.15) is 31.7 Å². The summed E-state index contributed by atoms with van der Waals surface area (Å²) in [6, 6.07) is 7.51. The minimum Gasteiger partial charge on any atom is -0.497 e. The van der Waals surface area contributed by atoms with Crippen LogP contribution in [0.4, 0.5) is 0 Å². The fourth-order valence-electron chi connectivity index (χ4n) is 2.28. The highest BCUT2D eigenvalue weighted by Gasteiger charge is 2.51. The molecule has 4 heteroatoms. The van der Waals surface area contributed by atoms with E-state index in [4.69, 9.17) is 9.84 Å². The Hall–Kier alpha value is -1.55. The quantitative estimate of drug-likeness (QED) is 0.820. The summed E-state index contributed by atoms with van der Waals surface area (Å²) in [7, 11) is 1.63. The first-order valence-electron chi connectivity index (χ1n) is 6.72. The van der Waals surface area contributed by atoms with Crippen LogP contribution in [0.25, 0.3) is 0 Å². The van der Waals surface area contributed by atoms with E-state index in [1.807, 2.05) is 31.2 Å². The molecule has 0 aromatic heterocycles. The molecule has 1 saturated carbocycles. The molecule has 1 amide bonds. The predicted octanol–water partition coefficient (Wildman–Crippen LogP) is 1.61. The SMILES string of the molecule is CCC(CO)NC(=O)C1(c2ccc(OC)cc2)CC1. The maximum Gasteiger partial charge on any atom is 0.230 e. The Morgan fingerprint density at radius 2 is 2.05 bits per heavy atom. The van der Waals surface area contributed by atoms with Crippen molar-refractivity contribution >= 4 is 5.91 Å². The Kier molecular flexibility index (Phi) is 4.10. The van der Waals surface area contributed by atoms with E-state index in [1.54, 1.807) is 7.11 Å². The lowest BCUT2D eigenvalue weighted by molar-refractivity contribution is -0.124. The van der Waals surface area contributed by atoms with Crippen LogP contribution in [0.2, 0.25) is 0 Å². The van der Waals surface area contributed by atoms with E-state index in [0.29, 0.717) is 0 Å². The van der Waals surface area contributed by atoms with Crippen LogP contribution in [0, 0.1) is 0 Å². The number of hydrogen-bond donors (Lipinski definition) is 2. The summed E-state index contributed by atoms with van der Waals surface area (Å²) < 4.78 is 5.13. The summed E-state index contributed by atoms with van der Waals surface area (Å²) in [5.74, 6) is 0.820. The number of ether oxygens (including phenoxy) is 1. The largest absolute Gasteiger partial charge is 0.497 e. The first-order valence-corrected chi connectivity index (χ1v) is 6.72. The third kappa shape index (κ3) is 2.73. The van der Waals surface area contributed by atoms with Crippen molar-refractivity contribution in [1.29, 1.82) is 0 Å². The maximum absolute atomic E-state index is 12.4. The zero-order valence-corrected chi connectivity index (χ0v) is 11.5. The van der Waals surface area contributed by atoms with E-state index in [1.165, 1.54) is 0 Å². The highest BCUT2D eigenvalue weighted by molar-refractivity contribution is 5.91. The molecule has 2 rings (SSSR count). The monoisotopic (exact) mass is 263 g/mol. The molecule has 4 nitrogen and oxygen atoms in total. The molecule has 0 radical (unpaired) electrons. The number of aliphatic hydroxyl groups is 1. The van der Waals surface area contributed by atoms with Gasteiger partial charge in [-0.05, 0) is 37.0 Å². The standard InChI is InChI=1S/C15H21NO3/c1-3-12(10-17)16-14(18)15(8-9-15)11-4-6-13(19-2)7-5-11/h4-7,12,17H,3,8-10H2,1-2H3,(H,16,18). The minimum atomic E-state index is -0.394. The molecule has 1 fully saturated rings. The third-order valence-corrected chi connectivity index (χ3v) is 3.88. The first-order chi connectivity index (χ1) is 9.16. The van der Waals surface area contributed by atoms with Crippen LogP contribution in [-0.4, -0.2) is 30.8 Å². The molecule has 1 atom stereocenters. The Morgan fingerprint density at radius 1 is 1.42 bits per heavy atom. The van der Waals surface area contributed by atoms with E-state index >= 15 is 0 Å². The molecular weight excluding hydrogens is 242 g/mol.